The van der Waals surface area contributed by atoms with E-state index in [1.54, 1.807) is 0 Å². The lowest BCUT2D eigenvalue weighted by molar-refractivity contribution is -0.153. The average Bonchev–Trinajstić information content (AvgIpc) is 3.05. The fourth-order valence-electron chi connectivity index (χ4n) is 5.35. The van der Waals surface area contributed by atoms with E-state index in [0.29, 0.717) is 12.8 Å². The van der Waals surface area contributed by atoms with Gasteiger partial charge < -0.3 is 24.6 Å². The zero-order valence-electron chi connectivity index (χ0n) is 30.0. The molecule has 0 aliphatic heterocycles. The van der Waals surface area contributed by atoms with E-state index in [4.69, 9.17) is 18.5 Å². The Balaban J connectivity index is 3.97. The molecule has 0 aliphatic rings. The van der Waals surface area contributed by atoms with Gasteiger partial charge in [-0.3, -0.25) is 18.6 Å². The van der Waals surface area contributed by atoms with Gasteiger partial charge in [0.05, 0.1) is 26.4 Å². The Labute approximate surface area is 286 Å². The highest BCUT2D eigenvalue weighted by molar-refractivity contribution is 7.47. The second-order valence-electron chi connectivity index (χ2n) is 12.9. The maximum Gasteiger partial charge on any atom is 0.472 e. The Hall–Kier alpha value is -1.03. The van der Waals surface area contributed by atoms with E-state index in [9.17, 15) is 29.3 Å². The lowest BCUT2D eigenvalue weighted by Crippen LogP contribution is -2.28. The maximum absolute atomic E-state index is 12.3. The predicted molar refractivity (Wildman–Crippen MR) is 187 cm³/mol. The summed E-state index contributed by atoms with van der Waals surface area (Å²) in [6.45, 7) is 2.20. The van der Waals surface area contributed by atoms with Crippen LogP contribution in [0.25, 0.3) is 0 Å². The first kappa shape index (κ1) is 46.0. The van der Waals surface area contributed by atoms with Crippen molar-refractivity contribution in [3.05, 3.63) is 0 Å². The molecule has 3 atom stereocenters. The van der Waals surface area contributed by atoms with Gasteiger partial charge in [-0.2, -0.15) is 0 Å². The maximum atomic E-state index is 12.3. The number of aliphatic hydroxyl groups is 2. The van der Waals surface area contributed by atoms with Gasteiger partial charge in [0.15, 0.2) is 0 Å². The molecule has 280 valence electrons. The van der Waals surface area contributed by atoms with Crippen LogP contribution in [0.15, 0.2) is 0 Å². The van der Waals surface area contributed by atoms with E-state index in [1.807, 2.05) is 0 Å². The van der Waals surface area contributed by atoms with Crippen LogP contribution in [0.3, 0.4) is 0 Å². The molecule has 10 nitrogen and oxygen atoms in total. The highest BCUT2D eigenvalue weighted by atomic mass is 31.2. The molecule has 0 aliphatic carbocycles. The summed E-state index contributed by atoms with van der Waals surface area (Å²) in [5, 5.41) is 19.1. The molecule has 0 rings (SSSR count). The molecule has 0 bridgehead atoms. The van der Waals surface area contributed by atoms with Crippen LogP contribution >= 0.6 is 7.82 Å². The average molecular weight is 695 g/mol. The number of carbonyl (C=O) groups is 2. The van der Waals surface area contributed by atoms with Crippen LogP contribution in [0.2, 0.25) is 0 Å². The number of hydrogen-bond acceptors (Lipinski definition) is 9. The van der Waals surface area contributed by atoms with Gasteiger partial charge in [0.25, 0.3) is 0 Å². The third-order valence-electron chi connectivity index (χ3n) is 8.32. The van der Waals surface area contributed by atoms with Gasteiger partial charge in [0.1, 0.15) is 12.2 Å². The van der Waals surface area contributed by atoms with Crippen molar-refractivity contribution in [2.75, 3.05) is 26.4 Å². The Morgan fingerprint density at radius 3 is 1.00 bits per heavy atom. The monoisotopic (exact) mass is 694 g/mol. The quantitative estimate of drug-likeness (QED) is 0.0329. The summed E-state index contributed by atoms with van der Waals surface area (Å²) in [5.74, 6) is -1.01. The molecule has 0 amide bonds. The summed E-state index contributed by atoms with van der Waals surface area (Å²) in [6.07, 6.45) is 26.5. The molecule has 0 fully saturated rings. The van der Waals surface area contributed by atoms with Crippen molar-refractivity contribution in [1.29, 1.82) is 0 Å². The van der Waals surface area contributed by atoms with E-state index in [-0.39, 0.29) is 12.8 Å². The third kappa shape index (κ3) is 32.0. The Morgan fingerprint density at radius 1 is 0.489 bits per heavy atom. The summed E-state index contributed by atoms with van der Waals surface area (Å²) in [5.41, 5.74) is 0. The van der Waals surface area contributed by atoms with Crippen molar-refractivity contribution >= 4 is 19.8 Å². The molecule has 0 aromatic carbocycles. The summed E-state index contributed by atoms with van der Waals surface area (Å²) < 4.78 is 32.4. The van der Waals surface area contributed by atoms with Crippen LogP contribution in [-0.4, -0.2) is 65.7 Å². The zero-order valence-corrected chi connectivity index (χ0v) is 30.9. The van der Waals surface area contributed by atoms with E-state index in [2.05, 4.69) is 13.8 Å². The van der Waals surface area contributed by atoms with Crippen molar-refractivity contribution in [2.24, 2.45) is 0 Å². The zero-order chi connectivity index (χ0) is 34.9. The van der Waals surface area contributed by atoms with E-state index in [0.717, 1.165) is 38.5 Å². The van der Waals surface area contributed by atoms with E-state index >= 15 is 0 Å². The Kier molecular flexibility index (Phi) is 32.7. The second-order valence-corrected chi connectivity index (χ2v) is 14.4. The first-order chi connectivity index (χ1) is 22.8. The SMILES string of the molecule is CCCCCCCCCCCCCCCC(=O)OC(CO)COP(=O)(O)OCC(CO)OC(=O)CCCCCCCCCCCCC. The minimum absolute atomic E-state index is 0.198. The summed E-state index contributed by atoms with van der Waals surface area (Å²) in [4.78, 5) is 34.3. The number of aliphatic hydroxyl groups excluding tert-OH is 2. The van der Waals surface area contributed by atoms with E-state index in [1.165, 1.54) is 103 Å². The first-order valence-electron chi connectivity index (χ1n) is 19.0. The molecule has 3 N–H and O–H groups in total. The van der Waals surface area contributed by atoms with Crippen molar-refractivity contribution in [1.82, 2.24) is 0 Å². The summed E-state index contributed by atoms with van der Waals surface area (Å²) in [6, 6.07) is 0. The molecule has 0 spiro atoms. The first-order valence-corrected chi connectivity index (χ1v) is 20.5. The number of unbranched alkanes of at least 4 members (excludes halogenated alkanes) is 22. The number of ether oxygens (including phenoxy) is 2. The number of phosphoric acid groups is 1. The normalized spacial score (nSPS) is 14.1. The largest absolute Gasteiger partial charge is 0.472 e. The highest BCUT2D eigenvalue weighted by Crippen LogP contribution is 2.43. The molecular formula is C36H71O10P. The number of hydrogen-bond donors (Lipinski definition) is 3. The topological polar surface area (TPSA) is 149 Å². The van der Waals surface area contributed by atoms with Crippen LogP contribution < -0.4 is 0 Å². The van der Waals surface area contributed by atoms with Crippen LogP contribution in [-0.2, 0) is 32.7 Å². The fraction of sp³-hybridized carbons (Fsp3) is 0.944. The molecule has 0 heterocycles. The fourth-order valence-corrected chi connectivity index (χ4v) is 6.13. The van der Waals surface area contributed by atoms with Gasteiger partial charge in [0.2, 0.25) is 0 Å². The van der Waals surface area contributed by atoms with Gasteiger partial charge in [-0.15, -0.1) is 0 Å². The summed E-state index contributed by atoms with van der Waals surface area (Å²) in [7, 11) is -4.62. The molecule has 0 saturated carbocycles. The predicted octanol–water partition coefficient (Wildman–Crippen LogP) is 9.11. The van der Waals surface area contributed by atoms with Gasteiger partial charge in [-0.05, 0) is 12.8 Å². The van der Waals surface area contributed by atoms with Gasteiger partial charge >= 0.3 is 19.8 Å². The number of esters is 2. The minimum Gasteiger partial charge on any atom is -0.457 e. The Bertz CT molecular complexity index is 766. The molecule has 3 unspecified atom stereocenters. The molecule has 0 radical (unpaired) electrons. The number of phosphoric ester groups is 1. The van der Waals surface area contributed by atoms with Crippen LogP contribution in [0, 0.1) is 0 Å². The van der Waals surface area contributed by atoms with E-state index < -0.39 is 58.4 Å². The standard InChI is InChI=1S/C36H71O10P/c1-3-5-7-9-11-13-15-16-18-20-22-24-26-28-36(40)46-34(30-38)32-44-47(41,42)43-31-33(29-37)45-35(39)27-25-23-21-19-17-14-12-10-8-6-4-2/h33-34,37-38H,3-32H2,1-2H3,(H,41,42). The van der Waals surface area contributed by atoms with Gasteiger partial charge in [0, 0.05) is 12.8 Å². The van der Waals surface area contributed by atoms with Crippen molar-refractivity contribution in [3.63, 3.8) is 0 Å². The number of carbonyl (C=O) groups excluding carboxylic acids is 2. The van der Waals surface area contributed by atoms with Crippen molar-refractivity contribution in [3.8, 4) is 0 Å². The molecule has 11 heteroatoms. The van der Waals surface area contributed by atoms with Crippen LogP contribution in [0.1, 0.15) is 181 Å². The van der Waals surface area contributed by atoms with Crippen molar-refractivity contribution in [2.45, 2.75) is 193 Å². The van der Waals surface area contributed by atoms with Crippen LogP contribution in [0.4, 0.5) is 0 Å². The Morgan fingerprint density at radius 2 is 0.745 bits per heavy atom. The number of rotatable bonds is 36. The molecule has 47 heavy (non-hydrogen) atoms. The molecule has 0 saturated heterocycles. The second kappa shape index (κ2) is 33.5. The lowest BCUT2D eigenvalue weighted by atomic mass is 10.0. The molecule has 0 aromatic rings. The highest BCUT2D eigenvalue weighted by Gasteiger charge is 2.27. The lowest BCUT2D eigenvalue weighted by Gasteiger charge is -2.20. The van der Waals surface area contributed by atoms with Gasteiger partial charge in [-0.1, -0.05) is 155 Å². The summed E-state index contributed by atoms with van der Waals surface area (Å²) >= 11 is 0. The van der Waals surface area contributed by atoms with Gasteiger partial charge in [-0.25, -0.2) is 4.57 Å². The van der Waals surface area contributed by atoms with Crippen LogP contribution in [0.5, 0.6) is 0 Å². The minimum atomic E-state index is -4.62. The smallest absolute Gasteiger partial charge is 0.457 e. The molecular weight excluding hydrogens is 623 g/mol. The van der Waals surface area contributed by atoms with Crippen molar-refractivity contribution < 1.29 is 47.8 Å². The third-order valence-corrected chi connectivity index (χ3v) is 9.27. The molecule has 0 aromatic heterocycles.